The summed E-state index contributed by atoms with van der Waals surface area (Å²) in [6, 6.07) is 28.4. The Bertz CT molecular complexity index is 1280. The molecule has 35 heavy (non-hydrogen) atoms. The molecule has 0 aliphatic rings. The van der Waals surface area contributed by atoms with Gasteiger partial charge in [-0.1, -0.05) is 90.5 Å². The van der Waals surface area contributed by atoms with Gasteiger partial charge in [0.2, 0.25) is 5.91 Å². The number of nitrogens with zero attached hydrogens (tertiary/aromatic N) is 3. The predicted octanol–water partition coefficient (Wildman–Crippen LogP) is 4.23. The quantitative estimate of drug-likeness (QED) is 0.289. The van der Waals surface area contributed by atoms with E-state index in [1.807, 2.05) is 97.9 Å². The summed E-state index contributed by atoms with van der Waals surface area (Å²) in [7, 11) is 0. The zero-order chi connectivity index (χ0) is 24.6. The van der Waals surface area contributed by atoms with E-state index in [9.17, 15) is 9.59 Å². The maximum Gasteiger partial charge on any atom is 0.259 e. The minimum absolute atomic E-state index is 0.220. The van der Waals surface area contributed by atoms with Crippen molar-refractivity contribution in [1.82, 2.24) is 20.5 Å². The third kappa shape index (κ3) is 5.83. The van der Waals surface area contributed by atoms with E-state index >= 15 is 0 Å². The monoisotopic (exact) mass is 485 g/mol. The summed E-state index contributed by atoms with van der Waals surface area (Å²) >= 11 is 6.47. The molecule has 1 aromatic heterocycles. The number of hydrogen-bond donors (Lipinski definition) is 2. The van der Waals surface area contributed by atoms with E-state index in [1.54, 1.807) is 4.68 Å². The van der Waals surface area contributed by atoms with Gasteiger partial charge in [0.05, 0.1) is 35.6 Å². The van der Waals surface area contributed by atoms with Crippen LogP contribution in [0.25, 0.3) is 5.69 Å². The molecule has 0 aliphatic carbocycles. The van der Waals surface area contributed by atoms with Crippen LogP contribution < -0.4 is 10.7 Å². The number of carbonyl (C=O) groups is 2. The summed E-state index contributed by atoms with van der Waals surface area (Å²) in [5, 5.41) is 11.5. The lowest BCUT2D eigenvalue weighted by Gasteiger charge is -2.17. The number of aromatic nitrogens is 2. The number of rotatable bonds is 8. The molecule has 7 nitrogen and oxygen atoms in total. The van der Waals surface area contributed by atoms with Crippen LogP contribution in [0.1, 0.15) is 28.3 Å². The summed E-state index contributed by atoms with van der Waals surface area (Å²) in [6.45, 7) is 1.59. The average molecular weight is 486 g/mol. The van der Waals surface area contributed by atoms with Gasteiger partial charge in [-0.05, 0) is 30.2 Å². The van der Waals surface area contributed by atoms with E-state index in [0.717, 1.165) is 16.8 Å². The molecule has 176 valence electrons. The maximum atomic E-state index is 13.0. The molecule has 2 N–H and O–H groups in total. The molecule has 4 rings (SSSR count). The molecule has 1 heterocycles. The molecule has 2 amide bonds. The number of aryl methyl sites for hydroxylation is 1. The Morgan fingerprint density at radius 2 is 1.49 bits per heavy atom. The molecule has 8 heteroatoms. The standard InChI is InChI=1S/C27H24ClN5O2/c1-19-23(26(28)33(32-19)22-15-9-4-10-16-22)17-30-31-24(34)18-29-27(35)25(20-11-5-2-6-12-20)21-13-7-3-8-14-21/h2-17,25H,18H2,1H3,(H,29,35)(H,31,34)/b30-17-. The number of halogens is 1. The number of carbonyl (C=O) groups excluding carboxylic acids is 2. The van der Waals surface area contributed by atoms with Gasteiger partial charge in [0.1, 0.15) is 5.15 Å². The van der Waals surface area contributed by atoms with Crippen LogP contribution in [0.3, 0.4) is 0 Å². The van der Waals surface area contributed by atoms with Crippen LogP contribution in [0, 0.1) is 6.92 Å². The smallest absolute Gasteiger partial charge is 0.259 e. The zero-order valence-corrected chi connectivity index (χ0v) is 19.8. The van der Waals surface area contributed by atoms with Crippen LogP contribution >= 0.6 is 11.6 Å². The lowest BCUT2D eigenvalue weighted by Crippen LogP contribution is -2.37. The van der Waals surface area contributed by atoms with Crippen molar-refractivity contribution in [3.05, 3.63) is 119 Å². The number of hydrazone groups is 1. The molecular weight excluding hydrogens is 462 g/mol. The van der Waals surface area contributed by atoms with Gasteiger partial charge in [-0.2, -0.15) is 10.2 Å². The summed E-state index contributed by atoms with van der Waals surface area (Å²) in [5.41, 5.74) is 6.19. The molecule has 3 aromatic carbocycles. The van der Waals surface area contributed by atoms with Gasteiger partial charge in [-0.25, -0.2) is 10.1 Å². The molecule has 0 atom stereocenters. The Kier molecular flexibility index (Phi) is 7.70. The van der Waals surface area contributed by atoms with E-state index in [2.05, 4.69) is 20.9 Å². The Morgan fingerprint density at radius 3 is 2.06 bits per heavy atom. The summed E-state index contributed by atoms with van der Waals surface area (Å²) in [5.74, 6) is -1.26. The molecule has 0 spiro atoms. The first-order valence-electron chi connectivity index (χ1n) is 11.0. The lowest BCUT2D eigenvalue weighted by molar-refractivity contribution is -0.126. The topological polar surface area (TPSA) is 88.4 Å². The van der Waals surface area contributed by atoms with Crippen LogP contribution in [0.5, 0.6) is 0 Å². The molecule has 0 fully saturated rings. The lowest BCUT2D eigenvalue weighted by atomic mass is 9.90. The third-order valence-electron chi connectivity index (χ3n) is 5.38. The average Bonchev–Trinajstić information content (AvgIpc) is 3.18. The van der Waals surface area contributed by atoms with Crippen LogP contribution in [0.2, 0.25) is 5.15 Å². The summed E-state index contributed by atoms with van der Waals surface area (Å²) in [4.78, 5) is 25.3. The Hall–Kier alpha value is -4.23. The first-order chi connectivity index (χ1) is 17.0. The van der Waals surface area contributed by atoms with Crippen LogP contribution in [0.4, 0.5) is 0 Å². The Morgan fingerprint density at radius 1 is 0.943 bits per heavy atom. The highest BCUT2D eigenvalue weighted by atomic mass is 35.5. The molecule has 0 bridgehead atoms. The molecule has 0 radical (unpaired) electrons. The zero-order valence-electron chi connectivity index (χ0n) is 19.1. The van der Waals surface area contributed by atoms with Crippen molar-refractivity contribution in [2.24, 2.45) is 5.10 Å². The van der Waals surface area contributed by atoms with Gasteiger partial charge >= 0.3 is 0 Å². The number of hydrogen-bond acceptors (Lipinski definition) is 4. The first-order valence-corrected chi connectivity index (χ1v) is 11.4. The number of amides is 2. The highest BCUT2D eigenvalue weighted by Crippen LogP contribution is 2.25. The second-order valence-corrected chi connectivity index (χ2v) is 8.16. The predicted molar refractivity (Wildman–Crippen MR) is 137 cm³/mol. The minimum Gasteiger partial charge on any atom is -0.346 e. The largest absolute Gasteiger partial charge is 0.346 e. The van der Waals surface area contributed by atoms with E-state index in [0.29, 0.717) is 16.4 Å². The van der Waals surface area contributed by atoms with Crippen LogP contribution in [-0.2, 0) is 9.59 Å². The maximum absolute atomic E-state index is 13.0. The van der Waals surface area contributed by atoms with Gasteiger partial charge in [0, 0.05) is 0 Å². The van der Waals surface area contributed by atoms with Crippen molar-refractivity contribution < 1.29 is 9.59 Å². The number of nitrogens with one attached hydrogen (secondary N) is 2. The summed E-state index contributed by atoms with van der Waals surface area (Å²) < 4.78 is 1.60. The van der Waals surface area contributed by atoms with Crippen molar-refractivity contribution >= 4 is 29.6 Å². The highest BCUT2D eigenvalue weighted by Gasteiger charge is 2.22. The second kappa shape index (κ2) is 11.3. The minimum atomic E-state index is -0.529. The molecular formula is C27H24ClN5O2. The van der Waals surface area contributed by atoms with E-state index in [-0.39, 0.29) is 12.5 Å². The molecule has 4 aromatic rings. The van der Waals surface area contributed by atoms with Crippen LogP contribution in [0.15, 0.2) is 96.1 Å². The van der Waals surface area contributed by atoms with E-state index in [4.69, 9.17) is 11.6 Å². The van der Waals surface area contributed by atoms with Crippen molar-refractivity contribution in [3.63, 3.8) is 0 Å². The normalized spacial score (nSPS) is 11.1. The van der Waals surface area contributed by atoms with E-state index < -0.39 is 11.8 Å². The van der Waals surface area contributed by atoms with Crippen molar-refractivity contribution in [2.75, 3.05) is 6.54 Å². The second-order valence-electron chi connectivity index (χ2n) is 7.80. The van der Waals surface area contributed by atoms with Crippen molar-refractivity contribution in [2.45, 2.75) is 12.8 Å². The van der Waals surface area contributed by atoms with E-state index in [1.165, 1.54) is 6.21 Å². The third-order valence-corrected chi connectivity index (χ3v) is 5.75. The highest BCUT2D eigenvalue weighted by molar-refractivity contribution is 6.32. The first kappa shape index (κ1) is 23.9. The molecule has 0 aliphatic heterocycles. The fourth-order valence-electron chi connectivity index (χ4n) is 3.66. The van der Waals surface area contributed by atoms with Crippen LogP contribution in [-0.4, -0.2) is 34.4 Å². The Labute approximate surface area is 208 Å². The Balaban J connectivity index is 1.39. The number of para-hydroxylation sites is 1. The van der Waals surface area contributed by atoms with Crippen molar-refractivity contribution in [3.8, 4) is 5.69 Å². The van der Waals surface area contributed by atoms with Gasteiger partial charge in [0.15, 0.2) is 0 Å². The molecule has 0 unspecified atom stereocenters. The van der Waals surface area contributed by atoms with Gasteiger partial charge in [-0.3, -0.25) is 9.59 Å². The molecule has 0 saturated carbocycles. The van der Waals surface area contributed by atoms with Crippen molar-refractivity contribution in [1.29, 1.82) is 0 Å². The fraction of sp³-hybridized carbons (Fsp3) is 0.111. The number of benzene rings is 3. The molecule has 0 saturated heterocycles. The van der Waals surface area contributed by atoms with Gasteiger partial charge in [0.25, 0.3) is 5.91 Å². The summed E-state index contributed by atoms with van der Waals surface area (Å²) in [6.07, 6.45) is 1.45. The SMILES string of the molecule is Cc1nn(-c2ccccc2)c(Cl)c1/C=N\NC(=O)CNC(=O)C(c1ccccc1)c1ccccc1. The van der Waals surface area contributed by atoms with Gasteiger partial charge < -0.3 is 5.32 Å². The fourth-order valence-corrected chi connectivity index (χ4v) is 3.98. The van der Waals surface area contributed by atoms with Gasteiger partial charge in [-0.15, -0.1) is 0 Å².